The average Bonchev–Trinajstić information content (AvgIpc) is 2.19. The standard InChI is InChI=1S/C10H7IS2/c11-9-5-6-10(13-12)8-4-2-1-3-7(8)9/h1-6,12H. The van der Waals surface area contributed by atoms with Crippen molar-refractivity contribution in [3.8, 4) is 0 Å². The summed E-state index contributed by atoms with van der Waals surface area (Å²) in [6.45, 7) is 0. The number of benzene rings is 2. The molecule has 2 aromatic carbocycles. The average molecular weight is 318 g/mol. The molecule has 0 amide bonds. The monoisotopic (exact) mass is 318 g/mol. The number of hydrogen-bond acceptors (Lipinski definition) is 2. The van der Waals surface area contributed by atoms with E-state index in [9.17, 15) is 0 Å². The van der Waals surface area contributed by atoms with E-state index in [2.05, 4.69) is 70.6 Å². The summed E-state index contributed by atoms with van der Waals surface area (Å²) >= 11 is 6.59. The van der Waals surface area contributed by atoms with Gasteiger partial charge in [0.05, 0.1) is 0 Å². The van der Waals surface area contributed by atoms with Gasteiger partial charge in [0.1, 0.15) is 0 Å². The number of fused-ring (bicyclic) bond motifs is 1. The molecule has 66 valence electrons. The summed E-state index contributed by atoms with van der Waals surface area (Å²) in [5.41, 5.74) is 0. The molecule has 0 fully saturated rings. The Labute approximate surface area is 100 Å². The van der Waals surface area contributed by atoms with Crippen LogP contribution in [-0.4, -0.2) is 0 Å². The van der Waals surface area contributed by atoms with Gasteiger partial charge in [0.25, 0.3) is 0 Å². The van der Waals surface area contributed by atoms with Gasteiger partial charge in [0, 0.05) is 8.47 Å². The molecule has 3 heteroatoms. The molecule has 0 saturated carbocycles. The summed E-state index contributed by atoms with van der Waals surface area (Å²) in [7, 11) is 1.50. The predicted molar refractivity (Wildman–Crippen MR) is 71.5 cm³/mol. The van der Waals surface area contributed by atoms with Crippen molar-refractivity contribution in [2.75, 3.05) is 0 Å². The zero-order valence-corrected chi connectivity index (χ0v) is 10.6. The Hall–Kier alpha value is 0.130. The molecule has 0 aliphatic heterocycles. The molecule has 0 aliphatic rings. The predicted octanol–water partition coefficient (Wildman–Crippen LogP) is 4.38. The Morgan fingerprint density at radius 1 is 1.00 bits per heavy atom. The lowest BCUT2D eigenvalue weighted by molar-refractivity contribution is 1.54. The highest BCUT2D eigenvalue weighted by Gasteiger charge is 2.01. The van der Waals surface area contributed by atoms with Crippen LogP contribution >= 0.6 is 45.0 Å². The lowest BCUT2D eigenvalue weighted by atomic mass is 10.1. The van der Waals surface area contributed by atoms with Crippen LogP contribution in [0.3, 0.4) is 0 Å². The number of halogens is 1. The fraction of sp³-hybridized carbons (Fsp3) is 0. The van der Waals surface area contributed by atoms with E-state index in [-0.39, 0.29) is 0 Å². The topological polar surface area (TPSA) is 0 Å². The van der Waals surface area contributed by atoms with Gasteiger partial charge in [-0.05, 0) is 45.5 Å². The number of hydrogen-bond donors (Lipinski definition) is 1. The normalized spacial score (nSPS) is 10.6. The molecule has 0 radical (unpaired) electrons. The molecular weight excluding hydrogens is 311 g/mol. The van der Waals surface area contributed by atoms with Crippen molar-refractivity contribution >= 4 is 55.8 Å². The van der Waals surface area contributed by atoms with Crippen LogP contribution in [0, 0.1) is 3.57 Å². The van der Waals surface area contributed by atoms with Crippen LogP contribution in [0.5, 0.6) is 0 Å². The van der Waals surface area contributed by atoms with Crippen molar-refractivity contribution in [3.05, 3.63) is 40.0 Å². The highest BCUT2D eigenvalue weighted by molar-refractivity contribution is 14.1. The van der Waals surface area contributed by atoms with Gasteiger partial charge in [-0.3, -0.25) is 0 Å². The third-order valence-corrected chi connectivity index (χ3v) is 4.01. The van der Waals surface area contributed by atoms with E-state index in [4.69, 9.17) is 0 Å². The van der Waals surface area contributed by atoms with Gasteiger partial charge in [0.2, 0.25) is 0 Å². The summed E-state index contributed by atoms with van der Waals surface area (Å²) in [4.78, 5) is 1.22. The molecule has 0 bridgehead atoms. The lowest BCUT2D eigenvalue weighted by Gasteiger charge is -2.04. The zero-order valence-electron chi connectivity index (χ0n) is 6.70. The first kappa shape index (κ1) is 9.68. The Balaban J connectivity index is 2.84. The first-order chi connectivity index (χ1) is 6.33. The lowest BCUT2D eigenvalue weighted by Crippen LogP contribution is -1.79. The van der Waals surface area contributed by atoms with Gasteiger partial charge in [-0.15, -0.1) is 11.7 Å². The maximum atomic E-state index is 4.23. The van der Waals surface area contributed by atoms with Crippen molar-refractivity contribution in [1.29, 1.82) is 0 Å². The van der Waals surface area contributed by atoms with Crippen LogP contribution in [0.1, 0.15) is 0 Å². The minimum absolute atomic E-state index is 1.22. The minimum atomic E-state index is 1.22. The molecule has 0 N–H and O–H groups in total. The van der Waals surface area contributed by atoms with E-state index in [0.717, 1.165) is 0 Å². The van der Waals surface area contributed by atoms with Gasteiger partial charge >= 0.3 is 0 Å². The van der Waals surface area contributed by atoms with Gasteiger partial charge in [0.15, 0.2) is 0 Å². The van der Waals surface area contributed by atoms with Crippen LogP contribution < -0.4 is 0 Å². The third kappa shape index (κ3) is 1.82. The molecule has 13 heavy (non-hydrogen) atoms. The summed E-state index contributed by atoms with van der Waals surface area (Å²) in [5.74, 6) is 0. The second kappa shape index (κ2) is 4.11. The van der Waals surface area contributed by atoms with Crippen molar-refractivity contribution in [2.45, 2.75) is 4.90 Å². The van der Waals surface area contributed by atoms with E-state index in [1.165, 1.54) is 30.0 Å². The van der Waals surface area contributed by atoms with Crippen molar-refractivity contribution < 1.29 is 0 Å². The Morgan fingerprint density at radius 2 is 1.69 bits per heavy atom. The molecule has 0 unspecified atom stereocenters. The fourth-order valence-corrected chi connectivity index (χ4v) is 2.85. The maximum absolute atomic E-state index is 4.23. The summed E-state index contributed by atoms with van der Waals surface area (Å²) in [6, 6.07) is 12.6. The maximum Gasteiger partial charge on any atom is 0.0259 e. The van der Waals surface area contributed by atoms with Gasteiger partial charge in [-0.25, -0.2) is 0 Å². The van der Waals surface area contributed by atoms with E-state index >= 15 is 0 Å². The smallest absolute Gasteiger partial charge is 0.0259 e. The molecule has 0 aromatic heterocycles. The van der Waals surface area contributed by atoms with Crippen LogP contribution in [-0.2, 0) is 0 Å². The molecule has 0 aliphatic carbocycles. The molecule has 0 spiro atoms. The van der Waals surface area contributed by atoms with E-state index < -0.39 is 0 Å². The fourth-order valence-electron chi connectivity index (χ4n) is 1.31. The van der Waals surface area contributed by atoms with Gasteiger partial charge in [-0.2, -0.15) is 0 Å². The summed E-state index contributed by atoms with van der Waals surface area (Å²) < 4.78 is 1.29. The molecule has 0 saturated heterocycles. The van der Waals surface area contributed by atoms with Gasteiger partial charge in [-0.1, -0.05) is 35.1 Å². The first-order valence-electron chi connectivity index (χ1n) is 3.81. The molecule has 0 atom stereocenters. The third-order valence-electron chi connectivity index (χ3n) is 1.93. The summed E-state index contributed by atoms with van der Waals surface area (Å²) in [5, 5.41) is 2.59. The zero-order chi connectivity index (χ0) is 9.26. The van der Waals surface area contributed by atoms with E-state index in [1.54, 1.807) is 0 Å². The molecule has 0 heterocycles. The van der Waals surface area contributed by atoms with Crippen LogP contribution in [0.15, 0.2) is 41.3 Å². The second-order valence-corrected chi connectivity index (χ2v) is 5.01. The minimum Gasteiger partial charge on any atom is -0.106 e. The van der Waals surface area contributed by atoms with Crippen molar-refractivity contribution in [2.24, 2.45) is 0 Å². The van der Waals surface area contributed by atoms with Crippen LogP contribution in [0.2, 0.25) is 0 Å². The SMILES string of the molecule is SSc1ccc(I)c2ccccc12. The quantitative estimate of drug-likeness (QED) is 0.462. The highest BCUT2D eigenvalue weighted by Crippen LogP contribution is 2.32. The second-order valence-electron chi connectivity index (χ2n) is 2.68. The molecular formula is C10H7IS2. The number of rotatable bonds is 1. The van der Waals surface area contributed by atoms with Crippen LogP contribution in [0.4, 0.5) is 0 Å². The van der Waals surface area contributed by atoms with Crippen molar-refractivity contribution in [3.63, 3.8) is 0 Å². The van der Waals surface area contributed by atoms with Crippen LogP contribution in [0.25, 0.3) is 10.8 Å². The first-order valence-corrected chi connectivity index (χ1v) is 6.76. The van der Waals surface area contributed by atoms with E-state index in [0.29, 0.717) is 0 Å². The number of thiol groups is 1. The molecule has 0 nitrogen and oxygen atoms in total. The molecule has 2 aromatic rings. The largest absolute Gasteiger partial charge is 0.106 e. The Kier molecular flexibility index (Phi) is 3.06. The van der Waals surface area contributed by atoms with Gasteiger partial charge < -0.3 is 0 Å². The molecule has 2 rings (SSSR count). The van der Waals surface area contributed by atoms with Crippen molar-refractivity contribution in [1.82, 2.24) is 0 Å². The summed E-state index contributed by atoms with van der Waals surface area (Å²) in [6.07, 6.45) is 0. The Bertz CT molecular complexity index is 440. The van der Waals surface area contributed by atoms with E-state index in [1.807, 2.05) is 0 Å². The Morgan fingerprint density at radius 3 is 2.38 bits per heavy atom. The highest BCUT2D eigenvalue weighted by atomic mass is 127.